The Morgan fingerprint density at radius 2 is 2.07 bits per heavy atom. The van der Waals surface area contributed by atoms with Crippen LogP contribution in [0.3, 0.4) is 0 Å². The molecule has 0 aromatic rings. The summed E-state index contributed by atoms with van der Waals surface area (Å²) in [6.45, 7) is 3.66. The van der Waals surface area contributed by atoms with Gasteiger partial charge in [-0.15, -0.1) is 0 Å². The van der Waals surface area contributed by atoms with E-state index in [4.69, 9.17) is 5.73 Å². The second kappa shape index (κ2) is 5.94. The van der Waals surface area contributed by atoms with Gasteiger partial charge in [0, 0.05) is 13.1 Å². The molecule has 14 heavy (non-hydrogen) atoms. The highest BCUT2D eigenvalue weighted by atomic mass is 32.2. The van der Waals surface area contributed by atoms with Crippen LogP contribution in [0.5, 0.6) is 0 Å². The Labute approximate surface area is 84.3 Å². The summed E-state index contributed by atoms with van der Waals surface area (Å²) in [5.41, 5.74) is 5.27. The summed E-state index contributed by atoms with van der Waals surface area (Å²) in [6, 6.07) is -0.614. The van der Waals surface area contributed by atoms with Crippen LogP contribution in [-0.4, -0.2) is 39.2 Å². The van der Waals surface area contributed by atoms with Gasteiger partial charge in [0.2, 0.25) is 15.9 Å². The average Bonchev–Trinajstić information content (AvgIpc) is 2.03. The Hall–Kier alpha value is -0.660. The molecule has 0 saturated heterocycles. The van der Waals surface area contributed by atoms with E-state index in [9.17, 15) is 13.2 Å². The zero-order valence-corrected chi connectivity index (χ0v) is 9.23. The van der Waals surface area contributed by atoms with Gasteiger partial charge in [0.05, 0.1) is 11.8 Å². The van der Waals surface area contributed by atoms with Crippen LogP contribution in [0.1, 0.15) is 13.8 Å². The molecule has 0 aliphatic carbocycles. The Bertz CT molecular complexity index is 274. The van der Waals surface area contributed by atoms with Crippen LogP contribution in [-0.2, 0) is 14.8 Å². The number of rotatable bonds is 6. The van der Waals surface area contributed by atoms with Gasteiger partial charge in [0.25, 0.3) is 0 Å². The van der Waals surface area contributed by atoms with Crippen LogP contribution in [0.2, 0.25) is 0 Å². The van der Waals surface area contributed by atoms with Crippen LogP contribution in [0, 0.1) is 0 Å². The number of nitrogens with one attached hydrogen (secondary N) is 2. The van der Waals surface area contributed by atoms with E-state index in [1.165, 1.54) is 6.92 Å². The second-order valence-electron chi connectivity index (χ2n) is 2.90. The fourth-order valence-electron chi connectivity index (χ4n) is 0.762. The number of hydrogen-bond donors (Lipinski definition) is 3. The Morgan fingerprint density at radius 3 is 2.50 bits per heavy atom. The normalized spacial score (nSPS) is 13.6. The predicted octanol–water partition coefficient (Wildman–Crippen LogP) is -1.61. The first-order valence-electron chi connectivity index (χ1n) is 4.39. The monoisotopic (exact) mass is 223 g/mol. The molecule has 0 rings (SSSR count). The van der Waals surface area contributed by atoms with Crippen molar-refractivity contribution >= 4 is 15.9 Å². The van der Waals surface area contributed by atoms with Gasteiger partial charge in [0.15, 0.2) is 0 Å². The van der Waals surface area contributed by atoms with Crippen molar-refractivity contribution in [3.8, 4) is 0 Å². The summed E-state index contributed by atoms with van der Waals surface area (Å²) in [6.07, 6.45) is 0. The molecule has 0 aliphatic heterocycles. The summed E-state index contributed by atoms with van der Waals surface area (Å²) in [4.78, 5) is 10.9. The zero-order valence-electron chi connectivity index (χ0n) is 8.41. The third kappa shape index (κ3) is 5.90. The first kappa shape index (κ1) is 13.3. The van der Waals surface area contributed by atoms with E-state index in [2.05, 4.69) is 10.0 Å². The third-order valence-electron chi connectivity index (χ3n) is 1.45. The van der Waals surface area contributed by atoms with Gasteiger partial charge in [-0.2, -0.15) is 0 Å². The molecule has 7 heteroatoms. The van der Waals surface area contributed by atoms with E-state index >= 15 is 0 Å². The maximum atomic E-state index is 11.1. The molecular formula is C7H17N3O3S. The first-order chi connectivity index (χ1) is 6.39. The number of amides is 1. The van der Waals surface area contributed by atoms with E-state index in [-0.39, 0.29) is 18.2 Å². The Morgan fingerprint density at radius 1 is 1.50 bits per heavy atom. The van der Waals surface area contributed by atoms with E-state index in [0.29, 0.717) is 6.54 Å². The first-order valence-corrected chi connectivity index (χ1v) is 6.05. The van der Waals surface area contributed by atoms with Crippen LogP contribution < -0.4 is 15.8 Å². The topological polar surface area (TPSA) is 101 Å². The number of sulfonamides is 1. The third-order valence-corrected chi connectivity index (χ3v) is 2.92. The number of carbonyl (C=O) groups excluding carboxylic acids is 1. The second-order valence-corrected chi connectivity index (χ2v) is 4.82. The van der Waals surface area contributed by atoms with E-state index in [1.807, 2.05) is 0 Å². The van der Waals surface area contributed by atoms with Gasteiger partial charge in [-0.3, -0.25) is 4.79 Å². The minimum absolute atomic E-state index is 0.0791. The molecule has 84 valence electrons. The fraction of sp³-hybridized carbons (Fsp3) is 0.857. The SMILES string of the molecule is CCNS(=O)(=O)CCNC(=O)C(C)N. The van der Waals surface area contributed by atoms with Gasteiger partial charge in [-0.05, 0) is 6.92 Å². The molecule has 0 aromatic carbocycles. The molecular weight excluding hydrogens is 206 g/mol. The van der Waals surface area contributed by atoms with E-state index < -0.39 is 16.1 Å². The maximum absolute atomic E-state index is 11.1. The van der Waals surface area contributed by atoms with Crippen molar-refractivity contribution < 1.29 is 13.2 Å². The highest BCUT2D eigenvalue weighted by molar-refractivity contribution is 7.89. The molecule has 4 N–H and O–H groups in total. The summed E-state index contributed by atoms with van der Waals surface area (Å²) in [7, 11) is -3.26. The molecule has 0 fully saturated rings. The minimum Gasteiger partial charge on any atom is -0.354 e. The van der Waals surface area contributed by atoms with Crippen LogP contribution in [0.4, 0.5) is 0 Å². The van der Waals surface area contributed by atoms with Gasteiger partial charge in [0.1, 0.15) is 0 Å². The number of nitrogens with two attached hydrogens (primary N) is 1. The summed E-state index contributed by atoms with van der Waals surface area (Å²) in [5, 5.41) is 2.41. The molecule has 0 aliphatic rings. The molecule has 1 amide bonds. The zero-order chi connectivity index (χ0) is 11.2. The molecule has 1 unspecified atom stereocenters. The predicted molar refractivity (Wildman–Crippen MR) is 54.1 cm³/mol. The van der Waals surface area contributed by atoms with E-state index in [0.717, 1.165) is 0 Å². The fourth-order valence-corrected chi connectivity index (χ4v) is 1.72. The number of carbonyl (C=O) groups is 1. The van der Waals surface area contributed by atoms with Crippen molar-refractivity contribution in [1.29, 1.82) is 0 Å². The van der Waals surface area contributed by atoms with Crippen LogP contribution in [0.15, 0.2) is 0 Å². The molecule has 0 saturated carbocycles. The maximum Gasteiger partial charge on any atom is 0.236 e. The smallest absolute Gasteiger partial charge is 0.236 e. The van der Waals surface area contributed by atoms with Crippen LogP contribution in [0.25, 0.3) is 0 Å². The molecule has 0 aromatic heterocycles. The molecule has 6 nitrogen and oxygen atoms in total. The summed E-state index contributed by atoms with van der Waals surface area (Å²) >= 11 is 0. The van der Waals surface area contributed by atoms with Crippen molar-refractivity contribution in [3.05, 3.63) is 0 Å². The lowest BCUT2D eigenvalue weighted by Crippen LogP contribution is -2.41. The highest BCUT2D eigenvalue weighted by Crippen LogP contribution is 1.82. The lowest BCUT2D eigenvalue weighted by atomic mass is 10.3. The summed E-state index contributed by atoms with van der Waals surface area (Å²) in [5.74, 6) is -0.476. The molecule has 1 atom stereocenters. The van der Waals surface area contributed by atoms with Crippen molar-refractivity contribution in [1.82, 2.24) is 10.0 Å². The van der Waals surface area contributed by atoms with Gasteiger partial charge < -0.3 is 11.1 Å². The standard InChI is InChI=1S/C7H17N3O3S/c1-3-10-14(12,13)5-4-9-7(11)6(2)8/h6,10H,3-5,8H2,1-2H3,(H,9,11). The lowest BCUT2D eigenvalue weighted by Gasteiger charge is -2.08. The Balaban J connectivity index is 3.80. The highest BCUT2D eigenvalue weighted by Gasteiger charge is 2.10. The van der Waals surface area contributed by atoms with Gasteiger partial charge in [-0.25, -0.2) is 13.1 Å². The number of hydrogen-bond acceptors (Lipinski definition) is 4. The lowest BCUT2D eigenvalue weighted by molar-refractivity contribution is -0.121. The van der Waals surface area contributed by atoms with Crippen molar-refractivity contribution in [3.63, 3.8) is 0 Å². The van der Waals surface area contributed by atoms with Gasteiger partial charge >= 0.3 is 0 Å². The molecule has 0 spiro atoms. The minimum atomic E-state index is -3.26. The van der Waals surface area contributed by atoms with Crippen LogP contribution >= 0.6 is 0 Å². The average molecular weight is 223 g/mol. The van der Waals surface area contributed by atoms with Crippen molar-refractivity contribution in [2.45, 2.75) is 19.9 Å². The largest absolute Gasteiger partial charge is 0.354 e. The van der Waals surface area contributed by atoms with Crippen molar-refractivity contribution in [2.75, 3.05) is 18.8 Å². The Kier molecular flexibility index (Phi) is 5.66. The van der Waals surface area contributed by atoms with Crippen molar-refractivity contribution in [2.24, 2.45) is 5.73 Å². The van der Waals surface area contributed by atoms with E-state index in [1.54, 1.807) is 6.92 Å². The summed E-state index contributed by atoms with van der Waals surface area (Å²) < 4.78 is 24.5. The molecule has 0 radical (unpaired) electrons. The van der Waals surface area contributed by atoms with Gasteiger partial charge in [-0.1, -0.05) is 6.92 Å². The molecule has 0 heterocycles. The quantitative estimate of drug-likeness (QED) is 0.504. The molecule has 0 bridgehead atoms.